The first kappa shape index (κ1) is 22.4. The van der Waals surface area contributed by atoms with E-state index in [1.54, 1.807) is 69.3 Å². The fourth-order valence-corrected chi connectivity index (χ4v) is 4.26. The van der Waals surface area contributed by atoms with Crippen LogP contribution in [-0.4, -0.2) is 39.2 Å². The number of rotatable bonds is 8. The van der Waals surface area contributed by atoms with Gasteiger partial charge in [0.2, 0.25) is 15.9 Å². The second kappa shape index (κ2) is 9.56. The molecule has 1 N–H and O–H groups in total. The number of carbonyl (C=O) groups is 2. The molecule has 0 aliphatic carbocycles. The lowest BCUT2D eigenvalue weighted by atomic mass is 10.1. The van der Waals surface area contributed by atoms with Crippen molar-refractivity contribution in [3.8, 4) is 0 Å². The number of hydrogen-bond acceptors (Lipinski definition) is 5. The molecule has 2 rings (SSSR count). The first-order valence-corrected chi connectivity index (χ1v) is 11.2. The Morgan fingerprint density at radius 3 is 2.28 bits per heavy atom. The van der Waals surface area contributed by atoms with E-state index >= 15 is 0 Å². The Bertz CT molecular complexity index is 974. The van der Waals surface area contributed by atoms with Crippen LogP contribution < -0.4 is 9.62 Å². The van der Waals surface area contributed by atoms with Gasteiger partial charge in [0.25, 0.3) is 0 Å². The highest BCUT2D eigenvalue weighted by molar-refractivity contribution is 7.92. The summed E-state index contributed by atoms with van der Waals surface area (Å²) >= 11 is 0. The summed E-state index contributed by atoms with van der Waals surface area (Å²) in [6.07, 6.45) is 1.34. The molecule has 156 valence electrons. The van der Waals surface area contributed by atoms with E-state index in [0.29, 0.717) is 22.5 Å². The molecule has 0 unspecified atom stereocenters. The van der Waals surface area contributed by atoms with Crippen molar-refractivity contribution in [3.05, 3.63) is 59.7 Å². The van der Waals surface area contributed by atoms with E-state index in [-0.39, 0.29) is 13.0 Å². The number of para-hydroxylation sites is 1. The normalized spacial score (nSPS) is 12.1. The third kappa shape index (κ3) is 5.35. The molecule has 1 atom stereocenters. The van der Waals surface area contributed by atoms with Crippen LogP contribution in [0.1, 0.15) is 36.2 Å². The topological polar surface area (TPSA) is 92.8 Å². The second-order valence-electron chi connectivity index (χ2n) is 6.51. The number of amides is 1. The fraction of sp³-hybridized carbons (Fsp3) is 0.333. The molecule has 0 saturated carbocycles. The van der Waals surface area contributed by atoms with Crippen molar-refractivity contribution in [2.24, 2.45) is 0 Å². The van der Waals surface area contributed by atoms with Crippen LogP contribution in [0.5, 0.6) is 0 Å². The molecule has 0 spiro atoms. The van der Waals surface area contributed by atoms with Gasteiger partial charge in [-0.1, -0.05) is 31.2 Å². The largest absolute Gasteiger partial charge is 0.462 e. The molecule has 0 aliphatic heterocycles. The van der Waals surface area contributed by atoms with Gasteiger partial charge in [0, 0.05) is 5.69 Å². The standard InChI is InChI=1S/C21H26N2O5S/c1-5-19(23(29(4,26)27)16-11-8-7-9-12-16)20(24)22-18-14-10-13-17(15(18)3)21(25)28-6-2/h7-14,19H,5-6H2,1-4H3,(H,22,24)/t19-/m1/s1. The van der Waals surface area contributed by atoms with Crippen molar-refractivity contribution in [2.45, 2.75) is 33.2 Å². The van der Waals surface area contributed by atoms with Crippen molar-refractivity contribution in [1.29, 1.82) is 0 Å². The molecule has 29 heavy (non-hydrogen) atoms. The van der Waals surface area contributed by atoms with Crippen LogP contribution in [0, 0.1) is 6.92 Å². The van der Waals surface area contributed by atoms with E-state index in [1.165, 1.54) is 0 Å². The number of esters is 1. The Morgan fingerprint density at radius 2 is 1.72 bits per heavy atom. The van der Waals surface area contributed by atoms with E-state index in [0.717, 1.165) is 10.6 Å². The first-order valence-electron chi connectivity index (χ1n) is 9.32. The van der Waals surface area contributed by atoms with Crippen LogP contribution in [0.25, 0.3) is 0 Å². The van der Waals surface area contributed by atoms with Crippen molar-refractivity contribution in [2.75, 3.05) is 22.5 Å². The number of nitrogens with zero attached hydrogens (tertiary/aromatic N) is 1. The van der Waals surface area contributed by atoms with Crippen molar-refractivity contribution < 1.29 is 22.7 Å². The van der Waals surface area contributed by atoms with Crippen LogP contribution in [0.15, 0.2) is 48.5 Å². The summed E-state index contributed by atoms with van der Waals surface area (Å²) in [5, 5.41) is 2.77. The summed E-state index contributed by atoms with van der Waals surface area (Å²) in [4.78, 5) is 25.1. The molecule has 7 nitrogen and oxygen atoms in total. The number of ether oxygens (including phenoxy) is 1. The average molecular weight is 419 g/mol. The lowest BCUT2D eigenvalue weighted by molar-refractivity contribution is -0.117. The van der Waals surface area contributed by atoms with Crippen LogP contribution in [-0.2, 0) is 19.6 Å². The van der Waals surface area contributed by atoms with Crippen molar-refractivity contribution in [1.82, 2.24) is 0 Å². The van der Waals surface area contributed by atoms with Gasteiger partial charge in [-0.15, -0.1) is 0 Å². The molecule has 2 aromatic rings. The predicted octanol–water partition coefficient (Wildman–Crippen LogP) is 3.36. The van der Waals surface area contributed by atoms with Gasteiger partial charge in [0.15, 0.2) is 0 Å². The van der Waals surface area contributed by atoms with E-state index in [2.05, 4.69) is 5.32 Å². The third-order valence-electron chi connectivity index (χ3n) is 4.43. The summed E-state index contributed by atoms with van der Waals surface area (Å²) in [7, 11) is -3.71. The minimum atomic E-state index is -3.71. The smallest absolute Gasteiger partial charge is 0.338 e. The maximum absolute atomic E-state index is 13.0. The summed E-state index contributed by atoms with van der Waals surface area (Å²) in [5.41, 5.74) is 1.75. The average Bonchev–Trinajstić information content (AvgIpc) is 2.67. The molecule has 0 aromatic heterocycles. The van der Waals surface area contributed by atoms with Gasteiger partial charge in [-0.25, -0.2) is 13.2 Å². The Balaban J connectivity index is 2.37. The summed E-state index contributed by atoms with van der Waals surface area (Å²) in [6.45, 7) is 5.41. The number of nitrogens with one attached hydrogen (secondary N) is 1. The van der Waals surface area contributed by atoms with Gasteiger partial charge in [-0.2, -0.15) is 0 Å². The minimum absolute atomic E-state index is 0.243. The zero-order valence-electron chi connectivity index (χ0n) is 17.0. The molecular weight excluding hydrogens is 392 g/mol. The zero-order valence-corrected chi connectivity index (χ0v) is 17.8. The molecule has 0 aliphatic rings. The minimum Gasteiger partial charge on any atom is -0.462 e. The Morgan fingerprint density at radius 1 is 1.07 bits per heavy atom. The molecular formula is C21H26N2O5S. The Kier molecular flexibility index (Phi) is 7.39. The maximum atomic E-state index is 13.0. The highest BCUT2D eigenvalue weighted by atomic mass is 32.2. The first-order chi connectivity index (χ1) is 13.7. The van der Waals surface area contributed by atoms with Crippen molar-refractivity contribution in [3.63, 3.8) is 0 Å². The number of benzene rings is 2. The van der Waals surface area contributed by atoms with Gasteiger partial charge >= 0.3 is 5.97 Å². The SMILES string of the molecule is CCOC(=O)c1cccc(NC(=O)[C@@H](CC)N(c2ccccc2)S(C)(=O)=O)c1C. The van der Waals surface area contributed by atoms with Crippen molar-refractivity contribution >= 4 is 33.3 Å². The van der Waals surface area contributed by atoms with E-state index < -0.39 is 27.9 Å². The van der Waals surface area contributed by atoms with Crippen LogP contribution in [0.4, 0.5) is 11.4 Å². The van der Waals surface area contributed by atoms with Gasteiger partial charge in [-0.3, -0.25) is 9.10 Å². The van der Waals surface area contributed by atoms with Gasteiger partial charge < -0.3 is 10.1 Å². The van der Waals surface area contributed by atoms with Gasteiger partial charge in [0.05, 0.1) is 24.1 Å². The summed E-state index contributed by atoms with van der Waals surface area (Å²) in [5.74, 6) is -0.957. The number of carbonyl (C=O) groups excluding carboxylic acids is 2. The number of sulfonamides is 1. The number of anilines is 2. The van der Waals surface area contributed by atoms with Crippen LogP contribution in [0.2, 0.25) is 0 Å². The molecule has 0 heterocycles. The second-order valence-corrected chi connectivity index (χ2v) is 8.37. The van der Waals surface area contributed by atoms with Gasteiger partial charge in [0.1, 0.15) is 6.04 Å². The highest BCUT2D eigenvalue weighted by Crippen LogP contribution is 2.25. The van der Waals surface area contributed by atoms with E-state index in [9.17, 15) is 18.0 Å². The highest BCUT2D eigenvalue weighted by Gasteiger charge is 2.31. The lowest BCUT2D eigenvalue weighted by Crippen LogP contribution is -2.47. The molecule has 0 saturated heterocycles. The zero-order chi connectivity index (χ0) is 21.6. The number of hydrogen-bond donors (Lipinski definition) is 1. The fourth-order valence-electron chi connectivity index (χ4n) is 3.05. The molecule has 2 aromatic carbocycles. The lowest BCUT2D eigenvalue weighted by Gasteiger charge is -2.30. The molecule has 0 bridgehead atoms. The van der Waals surface area contributed by atoms with Gasteiger partial charge in [-0.05, 0) is 50.1 Å². The molecule has 0 radical (unpaired) electrons. The molecule has 8 heteroatoms. The summed E-state index contributed by atoms with van der Waals surface area (Å²) < 4.78 is 31.1. The summed E-state index contributed by atoms with van der Waals surface area (Å²) in [6, 6.07) is 12.5. The molecule has 1 amide bonds. The quantitative estimate of drug-likeness (QED) is 0.664. The predicted molar refractivity (Wildman–Crippen MR) is 114 cm³/mol. The maximum Gasteiger partial charge on any atom is 0.338 e. The third-order valence-corrected chi connectivity index (χ3v) is 5.61. The van der Waals surface area contributed by atoms with E-state index in [1.807, 2.05) is 0 Å². The monoisotopic (exact) mass is 418 g/mol. The van der Waals surface area contributed by atoms with Crippen LogP contribution >= 0.6 is 0 Å². The molecule has 0 fully saturated rings. The Labute approximate surface area is 171 Å². The van der Waals surface area contributed by atoms with Crippen LogP contribution in [0.3, 0.4) is 0 Å². The Hall–Kier alpha value is -2.87. The van der Waals surface area contributed by atoms with E-state index in [4.69, 9.17) is 4.74 Å².